The molecule has 17 heavy (non-hydrogen) atoms. The first-order valence-corrected chi connectivity index (χ1v) is 6.87. The maximum atomic E-state index is 9.84. The molecule has 2 aromatic carbocycles. The Morgan fingerprint density at radius 3 is 2.71 bits per heavy atom. The molecule has 3 rings (SSSR count). The molecule has 2 N–H and O–H groups in total. The fraction of sp³-hybridized carbons (Fsp3) is 0.286. The summed E-state index contributed by atoms with van der Waals surface area (Å²) in [5, 5.41) is 21.7. The number of fused-ring (bicyclic) bond motifs is 1. The lowest BCUT2D eigenvalue weighted by Gasteiger charge is -2.13. The van der Waals surface area contributed by atoms with Gasteiger partial charge in [0.15, 0.2) is 0 Å². The van der Waals surface area contributed by atoms with Crippen molar-refractivity contribution in [2.24, 2.45) is 0 Å². The summed E-state index contributed by atoms with van der Waals surface area (Å²) in [5.74, 6) is 1.74. The number of thioether (sulfide) groups is 1. The summed E-state index contributed by atoms with van der Waals surface area (Å²) in [6.07, 6.45) is 2.43. The van der Waals surface area contributed by atoms with Crippen molar-refractivity contribution in [1.29, 1.82) is 0 Å². The lowest BCUT2D eigenvalue weighted by molar-refractivity contribution is 0.475. The van der Waals surface area contributed by atoms with Crippen LogP contribution in [0.15, 0.2) is 30.3 Å². The van der Waals surface area contributed by atoms with Crippen molar-refractivity contribution in [1.82, 2.24) is 0 Å². The van der Waals surface area contributed by atoms with Crippen LogP contribution in [0.3, 0.4) is 0 Å². The van der Waals surface area contributed by atoms with E-state index in [-0.39, 0.29) is 11.5 Å². The largest absolute Gasteiger partial charge is 0.508 e. The van der Waals surface area contributed by atoms with Crippen LogP contribution in [-0.2, 0) is 0 Å². The Morgan fingerprint density at radius 2 is 1.94 bits per heavy atom. The van der Waals surface area contributed by atoms with Gasteiger partial charge in [-0.15, -0.1) is 0 Å². The second kappa shape index (κ2) is 4.15. The van der Waals surface area contributed by atoms with Crippen LogP contribution in [0.1, 0.15) is 23.7 Å². The summed E-state index contributed by atoms with van der Waals surface area (Å²) in [7, 11) is 0. The molecule has 0 aliphatic carbocycles. The van der Waals surface area contributed by atoms with Gasteiger partial charge in [0.05, 0.1) is 0 Å². The average Bonchev–Trinajstić information content (AvgIpc) is 2.83. The van der Waals surface area contributed by atoms with Gasteiger partial charge in [-0.3, -0.25) is 0 Å². The first-order valence-electron chi connectivity index (χ1n) is 5.82. The first kappa shape index (κ1) is 10.8. The molecule has 0 radical (unpaired) electrons. The van der Waals surface area contributed by atoms with Gasteiger partial charge in [0, 0.05) is 10.6 Å². The van der Waals surface area contributed by atoms with Crippen LogP contribution in [-0.4, -0.2) is 16.0 Å². The van der Waals surface area contributed by atoms with Gasteiger partial charge < -0.3 is 10.2 Å². The van der Waals surface area contributed by atoms with Crippen molar-refractivity contribution >= 4 is 22.5 Å². The second-order valence-electron chi connectivity index (χ2n) is 4.41. The van der Waals surface area contributed by atoms with Crippen molar-refractivity contribution in [3.8, 4) is 11.5 Å². The van der Waals surface area contributed by atoms with Gasteiger partial charge >= 0.3 is 0 Å². The Bertz CT molecular complexity index is 559. The molecule has 0 bridgehead atoms. The summed E-state index contributed by atoms with van der Waals surface area (Å²) in [4.78, 5) is 0. The predicted molar refractivity (Wildman–Crippen MR) is 71.7 cm³/mol. The number of aromatic hydroxyl groups is 2. The molecular formula is C14H14O2S. The molecule has 1 aliphatic rings. The summed E-state index contributed by atoms with van der Waals surface area (Å²) in [6.45, 7) is 0. The lowest BCUT2D eigenvalue weighted by Crippen LogP contribution is -1.90. The Morgan fingerprint density at radius 1 is 1.06 bits per heavy atom. The van der Waals surface area contributed by atoms with Gasteiger partial charge in [-0.25, -0.2) is 0 Å². The van der Waals surface area contributed by atoms with Crippen molar-refractivity contribution in [2.45, 2.75) is 18.1 Å². The van der Waals surface area contributed by atoms with E-state index in [0.29, 0.717) is 5.25 Å². The molecule has 0 spiro atoms. The first-order chi connectivity index (χ1) is 8.25. The van der Waals surface area contributed by atoms with E-state index in [1.807, 2.05) is 17.8 Å². The molecule has 0 aromatic heterocycles. The third-order valence-corrected chi connectivity index (χ3v) is 4.70. The van der Waals surface area contributed by atoms with E-state index in [9.17, 15) is 10.2 Å². The molecule has 1 unspecified atom stereocenters. The fourth-order valence-corrected chi connectivity index (χ4v) is 3.78. The fourth-order valence-electron chi connectivity index (χ4n) is 2.45. The van der Waals surface area contributed by atoms with Crippen LogP contribution >= 0.6 is 11.8 Å². The zero-order chi connectivity index (χ0) is 11.8. The van der Waals surface area contributed by atoms with Crippen LogP contribution < -0.4 is 0 Å². The maximum absolute atomic E-state index is 9.84. The number of phenols is 2. The minimum atomic E-state index is 0.257. The highest BCUT2D eigenvalue weighted by atomic mass is 32.2. The quantitative estimate of drug-likeness (QED) is 0.803. The Labute approximate surface area is 104 Å². The standard InChI is InChI=1S/C14H14O2S/c15-9-3-4-10-12(8-9)11(5-6-13(10)16)14-2-1-7-17-14/h3-6,8,14-16H,1-2,7H2. The van der Waals surface area contributed by atoms with Crippen molar-refractivity contribution in [2.75, 3.05) is 5.75 Å². The summed E-state index contributed by atoms with van der Waals surface area (Å²) < 4.78 is 0. The van der Waals surface area contributed by atoms with Crippen molar-refractivity contribution in [3.05, 3.63) is 35.9 Å². The molecule has 0 amide bonds. The molecule has 2 aromatic rings. The van der Waals surface area contributed by atoms with Crippen molar-refractivity contribution in [3.63, 3.8) is 0 Å². The minimum absolute atomic E-state index is 0.257. The van der Waals surface area contributed by atoms with Gasteiger partial charge in [0.2, 0.25) is 0 Å². The molecule has 2 nitrogen and oxygen atoms in total. The van der Waals surface area contributed by atoms with E-state index < -0.39 is 0 Å². The number of hydrogen-bond acceptors (Lipinski definition) is 3. The monoisotopic (exact) mass is 246 g/mol. The molecule has 1 atom stereocenters. The highest BCUT2D eigenvalue weighted by Crippen LogP contribution is 2.44. The Balaban J connectivity index is 2.23. The van der Waals surface area contributed by atoms with E-state index in [1.54, 1.807) is 24.3 Å². The van der Waals surface area contributed by atoms with Crippen LogP contribution in [0.5, 0.6) is 11.5 Å². The SMILES string of the molecule is Oc1ccc2c(O)ccc(C3CCCS3)c2c1. The maximum Gasteiger partial charge on any atom is 0.123 e. The van der Waals surface area contributed by atoms with E-state index in [1.165, 1.54) is 24.2 Å². The van der Waals surface area contributed by atoms with Gasteiger partial charge in [0.25, 0.3) is 0 Å². The van der Waals surface area contributed by atoms with Crippen LogP contribution in [0.4, 0.5) is 0 Å². The number of benzene rings is 2. The molecule has 1 aliphatic heterocycles. The second-order valence-corrected chi connectivity index (χ2v) is 5.72. The third kappa shape index (κ3) is 1.84. The highest BCUT2D eigenvalue weighted by Gasteiger charge is 2.20. The van der Waals surface area contributed by atoms with Gasteiger partial charge in [-0.05, 0) is 53.8 Å². The highest BCUT2D eigenvalue weighted by molar-refractivity contribution is 7.99. The average molecular weight is 246 g/mol. The van der Waals surface area contributed by atoms with Gasteiger partial charge in [-0.2, -0.15) is 11.8 Å². The molecule has 1 saturated heterocycles. The topological polar surface area (TPSA) is 40.5 Å². The number of hydrogen-bond donors (Lipinski definition) is 2. The number of phenolic OH excluding ortho intramolecular Hbond substituents is 2. The summed E-state index contributed by atoms with van der Waals surface area (Å²) in [5.41, 5.74) is 1.23. The molecule has 0 saturated carbocycles. The third-order valence-electron chi connectivity index (χ3n) is 3.29. The molecule has 3 heteroatoms. The zero-order valence-electron chi connectivity index (χ0n) is 9.39. The smallest absolute Gasteiger partial charge is 0.123 e. The van der Waals surface area contributed by atoms with Gasteiger partial charge in [-0.1, -0.05) is 6.07 Å². The Hall–Kier alpha value is -1.35. The molecular weight excluding hydrogens is 232 g/mol. The van der Waals surface area contributed by atoms with E-state index in [0.717, 1.165) is 10.8 Å². The normalized spacial score (nSPS) is 19.9. The molecule has 1 heterocycles. The summed E-state index contributed by atoms with van der Waals surface area (Å²) >= 11 is 1.96. The molecule has 1 fully saturated rings. The van der Waals surface area contributed by atoms with Crippen molar-refractivity contribution < 1.29 is 10.2 Å². The van der Waals surface area contributed by atoms with E-state index >= 15 is 0 Å². The van der Waals surface area contributed by atoms with Crippen LogP contribution in [0.2, 0.25) is 0 Å². The zero-order valence-corrected chi connectivity index (χ0v) is 10.2. The van der Waals surface area contributed by atoms with E-state index in [4.69, 9.17) is 0 Å². The lowest BCUT2D eigenvalue weighted by atomic mass is 9.99. The predicted octanol–water partition coefficient (Wildman–Crippen LogP) is 3.82. The summed E-state index contributed by atoms with van der Waals surface area (Å²) in [6, 6.07) is 8.90. The minimum Gasteiger partial charge on any atom is -0.508 e. The number of rotatable bonds is 1. The molecule has 88 valence electrons. The van der Waals surface area contributed by atoms with Gasteiger partial charge in [0.1, 0.15) is 11.5 Å². The van der Waals surface area contributed by atoms with E-state index in [2.05, 4.69) is 0 Å². The van der Waals surface area contributed by atoms with Crippen LogP contribution in [0, 0.1) is 0 Å². The van der Waals surface area contributed by atoms with Crippen LogP contribution in [0.25, 0.3) is 10.8 Å². The Kier molecular flexibility index (Phi) is 2.63.